The number of carbonyl (C=O) groups is 1. The van der Waals surface area contributed by atoms with E-state index in [2.05, 4.69) is 10.3 Å². The van der Waals surface area contributed by atoms with Crippen LogP contribution in [0.25, 0.3) is 0 Å². The van der Waals surface area contributed by atoms with Crippen LogP contribution in [0.1, 0.15) is 11.1 Å². The summed E-state index contributed by atoms with van der Waals surface area (Å²) in [6, 6.07) is 10.5. The standard InChI is InChI=1S/C18H22N4O4/c1-13-5-7-14(8-6-13)10-15(11-21(2)17(24)12-23)20-18-16(22(25)26)4-3-9-19-18/h3-9,15,23H,10-12H2,1-2H3,(H,19,20)/t15-/m0/s1. The smallest absolute Gasteiger partial charge is 0.311 e. The second-order valence-corrected chi connectivity index (χ2v) is 6.09. The summed E-state index contributed by atoms with van der Waals surface area (Å²) in [4.78, 5) is 27.9. The summed E-state index contributed by atoms with van der Waals surface area (Å²) in [6.45, 7) is 1.67. The van der Waals surface area contributed by atoms with Crippen LogP contribution in [0, 0.1) is 17.0 Å². The molecule has 1 atom stereocenters. The zero-order valence-electron chi connectivity index (χ0n) is 14.8. The van der Waals surface area contributed by atoms with Gasteiger partial charge in [0.2, 0.25) is 11.7 Å². The molecule has 2 aromatic rings. The van der Waals surface area contributed by atoms with E-state index in [0.717, 1.165) is 11.1 Å². The van der Waals surface area contributed by atoms with Gasteiger partial charge < -0.3 is 15.3 Å². The number of nitrogens with zero attached hydrogens (tertiary/aromatic N) is 3. The van der Waals surface area contributed by atoms with E-state index in [4.69, 9.17) is 5.11 Å². The summed E-state index contributed by atoms with van der Waals surface area (Å²) in [5, 5.41) is 23.3. The molecule has 0 radical (unpaired) electrons. The van der Waals surface area contributed by atoms with E-state index in [1.807, 2.05) is 31.2 Å². The molecular formula is C18H22N4O4. The lowest BCUT2D eigenvalue weighted by atomic mass is 10.0. The zero-order chi connectivity index (χ0) is 19.1. The number of aromatic nitrogens is 1. The highest BCUT2D eigenvalue weighted by Gasteiger charge is 2.21. The molecule has 0 unspecified atom stereocenters. The van der Waals surface area contributed by atoms with Crippen LogP contribution >= 0.6 is 0 Å². The van der Waals surface area contributed by atoms with Crippen molar-refractivity contribution in [3.05, 3.63) is 63.8 Å². The Bertz CT molecular complexity index is 764. The van der Waals surface area contributed by atoms with Crippen LogP contribution in [-0.4, -0.2) is 52.1 Å². The summed E-state index contributed by atoms with van der Waals surface area (Å²) in [5.74, 6) is -0.268. The first-order chi connectivity index (χ1) is 12.4. The number of aliphatic hydroxyl groups excluding tert-OH is 1. The van der Waals surface area contributed by atoms with E-state index in [1.165, 1.54) is 23.2 Å². The van der Waals surface area contributed by atoms with Gasteiger partial charge in [-0.15, -0.1) is 0 Å². The van der Waals surface area contributed by atoms with Crippen LogP contribution in [0.5, 0.6) is 0 Å². The van der Waals surface area contributed by atoms with Crippen molar-refractivity contribution in [3.8, 4) is 0 Å². The van der Waals surface area contributed by atoms with Gasteiger partial charge in [-0.25, -0.2) is 4.98 Å². The Morgan fingerprint density at radius 1 is 1.35 bits per heavy atom. The Hall–Kier alpha value is -3.00. The molecule has 0 aliphatic rings. The number of rotatable bonds is 8. The molecule has 0 bridgehead atoms. The number of nitrogens with one attached hydrogen (secondary N) is 1. The van der Waals surface area contributed by atoms with Gasteiger partial charge in [-0.2, -0.15) is 0 Å². The monoisotopic (exact) mass is 358 g/mol. The fourth-order valence-electron chi connectivity index (χ4n) is 2.57. The highest BCUT2D eigenvalue weighted by atomic mass is 16.6. The minimum absolute atomic E-state index is 0.127. The average molecular weight is 358 g/mol. The number of hydrogen-bond acceptors (Lipinski definition) is 6. The summed E-state index contributed by atoms with van der Waals surface area (Å²) in [7, 11) is 1.58. The second kappa shape index (κ2) is 8.91. The van der Waals surface area contributed by atoms with Crippen LogP contribution in [-0.2, 0) is 11.2 Å². The van der Waals surface area contributed by atoms with Gasteiger partial charge in [0.1, 0.15) is 6.61 Å². The molecule has 8 heteroatoms. The maximum atomic E-state index is 11.7. The first-order valence-corrected chi connectivity index (χ1v) is 8.17. The number of amides is 1. The van der Waals surface area contributed by atoms with Crippen molar-refractivity contribution in [1.82, 2.24) is 9.88 Å². The topological polar surface area (TPSA) is 109 Å². The number of hydrogen-bond donors (Lipinski definition) is 2. The van der Waals surface area contributed by atoms with Crippen molar-refractivity contribution in [3.63, 3.8) is 0 Å². The molecule has 1 aromatic heterocycles. The lowest BCUT2D eigenvalue weighted by Crippen LogP contribution is -2.40. The van der Waals surface area contributed by atoms with E-state index >= 15 is 0 Å². The van der Waals surface area contributed by atoms with Crippen LogP contribution in [0.2, 0.25) is 0 Å². The van der Waals surface area contributed by atoms with Gasteiger partial charge in [-0.1, -0.05) is 29.8 Å². The first kappa shape index (κ1) is 19.3. The minimum Gasteiger partial charge on any atom is -0.387 e. The van der Waals surface area contributed by atoms with Gasteiger partial charge >= 0.3 is 5.69 Å². The number of pyridine rings is 1. The molecule has 1 heterocycles. The van der Waals surface area contributed by atoms with Gasteiger partial charge in [0.05, 0.1) is 4.92 Å². The third-order valence-electron chi connectivity index (χ3n) is 3.98. The molecule has 0 aliphatic carbocycles. The van der Waals surface area contributed by atoms with Gasteiger partial charge in [0.15, 0.2) is 0 Å². The number of anilines is 1. The predicted octanol–water partition coefficient (Wildman–Crippen LogP) is 1.77. The molecule has 0 spiro atoms. The van der Waals surface area contributed by atoms with Crippen LogP contribution in [0.4, 0.5) is 11.5 Å². The summed E-state index contributed by atoms with van der Waals surface area (Å²) < 4.78 is 0. The van der Waals surface area contributed by atoms with Crippen LogP contribution in [0.15, 0.2) is 42.6 Å². The fraction of sp³-hybridized carbons (Fsp3) is 0.333. The molecule has 0 saturated heterocycles. The molecule has 1 aromatic carbocycles. The predicted molar refractivity (Wildman–Crippen MR) is 97.9 cm³/mol. The Kier molecular flexibility index (Phi) is 6.62. The van der Waals surface area contributed by atoms with Crippen molar-refractivity contribution < 1.29 is 14.8 Å². The first-order valence-electron chi connectivity index (χ1n) is 8.17. The Morgan fingerprint density at radius 3 is 2.65 bits per heavy atom. The quantitative estimate of drug-likeness (QED) is 0.550. The van der Waals surface area contributed by atoms with Crippen molar-refractivity contribution in [2.24, 2.45) is 0 Å². The molecular weight excluding hydrogens is 336 g/mol. The van der Waals surface area contributed by atoms with Crippen molar-refractivity contribution in [1.29, 1.82) is 0 Å². The van der Waals surface area contributed by atoms with Crippen molar-refractivity contribution in [2.75, 3.05) is 25.5 Å². The molecule has 2 rings (SSSR count). The van der Waals surface area contributed by atoms with Gasteiger partial charge in [0.25, 0.3) is 0 Å². The van der Waals surface area contributed by atoms with E-state index in [0.29, 0.717) is 6.42 Å². The molecule has 8 nitrogen and oxygen atoms in total. The number of benzene rings is 1. The lowest BCUT2D eigenvalue weighted by molar-refractivity contribution is -0.384. The SMILES string of the molecule is Cc1ccc(C[C@@H](CN(C)C(=O)CO)Nc2ncccc2[N+](=O)[O-])cc1. The van der Waals surface area contributed by atoms with Crippen molar-refractivity contribution in [2.45, 2.75) is 19.4 Å². The minimum atomic E-state index is -0.586. The number of aliphatic hydroxyl groups is 1. The summed E-state index contributed by atoms with van der Waals surface area (Å²) >= 11 is 0. The Balaban J connectivity index is 2.23. The number of likely N-dealkylation sites (N-methyl/N-ethyl adjacent to an activating group) is 1. The van der Waals surface area contributed by atoms with Gasteiger partial charge in [0, 0.05) is 31.9 Å². The third-order valence-corrected chi connectivity index (χ3v) is 3.98. The fourth-order valence-corrected chi connectivity index (χ4v) is 2.57. The molecule has 26 heavy (non-hydrogen) atoms. The maximum absolute atomic E-state index is 11.7. The Morgan fingerprint density at radius 2 is 2.04 bits per heavy atom. The highest BCUT2D eigenvalue weighted by Crippen LogP contribution is 2.22. The average Bonchev–Trinajstić information content (AvgIpc) is 2.63. The maximum Gasteiger partial charge on any atom is 0.311 e. The molecule has 2 N–H and O–H groups in total. The van der Waals surface area contributed by atoms with E-state index in [-0.39, 0.29) is 24.1 Å². The summed E-state index contributed by atoms with van der Waals surface area (Å²) in [5.41, 5.74) is 2.03. The molecule has 1 amide bonds. The Labute approximate surface area is 151 Å². The van der Waals surface area contributed by atoms with Crippen LogP contribution < -0.4 is 5.32 Å². The summed E-state index contributed by atoms with van der Waals surface area (Å²) in [6.07, 6.45) is 2.01. The van der Waals surface area contributed by atoms with Gasteiger partial charge in [-0.3, -0.25) is 14.9 Å². The van der Waals surface area contributed by atoms with E-state index < -0.39 is 17.4 Å². The van der Waals surface area contributed by atoms with Crippen LogP contribution in [0.3, 0.4) is 0 Å². The second-order valence-electron chi connectivity index (χ2n) is 6.09. The van der Waals surface area contributed by atoms with Gasteiger partial charge in [-0.05, 0) is 25.0 Å². The lowest BCUT2D eigenvalue weighted by Gasteiger charge is -2.25. The number of aryl methyl sites for hydroxylation is 1. The largest absolute Gasteiger partial charge is 0.387 e. The normalized spacial score (nSPS) is 11.7. The molecule has 0 fully saturated rings. The molecule has 0 saturated carbocycles. The van der Waals surface area contributed by atoms with Crippen molar-refractivity contribution >= 4 is 17.4 Å². The molecule has 138 valence electrons. The molecule has 0 aliphatic heterocycles. The third kappa shape index (κ3) is 5.25. The van der Waals surface area contributed by atoms with E-state index in [1.54, 1.807) is 7.05 Å². The zero-order valence-corrected chi connectivity index (χ0v) is 14.8. The number of carbonyl (C=O) groups excluding carboxylic acids is 1. The van der Waals surface area contributed by atoms with E-state index in [9.17, 15) is 14.9 Å². The number of nitro groups is 1. The highest BCUT2D eigenvalue weighted by molar-refractivity contribution is 5.77.